The van der Waals surface area contributed by atoms with Crippen molar-refractivity contribution in [3.63, 3.8) is 0 Å². The number of anilines is 3. The molecule has 3 fully saturated rings. The van der Waals surface area contributed by atoms with Crippen LogP contribution in [0.2, 0.25) is 0 Å². The van der Waals surface area contributed by atoms with Crippen molar-refractivity contribution in [1.82, 2.24) is 0 Å². The van der Waals surface area contributed by atoms with Crippen LogP contribution in [0, 0.1) is 0 Å². The third-order valence-electron chi connectivity index (χ3n) is 12.5. The molecule has 5 aromatic carbocycles. The first kappa shape index (κ1) is 31.7. The first-order valence-corrected chi connectivity index (χ1v) is 19.8. The van der Waals surface area contributed by atoms with E-state index in [1.54, 1.807) is 16.7 Å². The molecule has 3 saturated carbocycles. The van der Waals surface area contributed by atoms with Crippen molar-refractivity contribution in [2.45, 2.75) is 114 Å². The van der Waals surface area contributed by atoms with Crippen LogP contribution in [0.25, 0.3) is 33.1 Å². The molecule has 0 spiro atoms. The highest BCUT2D eigenvalue weighted by Crippen LogP contribution is 2.46. The van der Waals surface area contributed by atoms with Crippen molar-refractivity contribution in [1.29, 1.82) is 0 Å². The highest BCUT2D eigenvalue weighted by atomic mass is 16.3. The Bertz CT molecular complexity index is 2010. The summed E-state index contributed by atoms with van der Waals surface area (Å²) in [6.07, 6.45) is 20.3. The SMILES string of the molecule is c1cc(C2CCCCC2)c(-c2ccc(N(c3ccc(C4CCCCC4)cc3)c3ccc4c(c3)oc3ccccc34)cc2)c(C2CCCCC2)c1. The molecule has 2 heteroatoms. The van der Waals surface area contributed by atoms with Gasteiger partial charge in [-0.1, -0.05) is 118 Å². The van der Waals surface area contributed by atoms with E-state index < -0.39 is 0 Å². The third kappa shape index (κ3) is 6.16. The molecule has 0 saturated heterocycles. The topological polar surface area (TPSA) is 16.4 Å². The molecular formula is C48H51NO. The number of benzene rings is 5. The van der Waals surface area contributed by atoms with Crippen molar-refractivity contribution in [2.75, 3.05) is 4.90 Å². The summed E-state index contributed by atoms with van der Waals surface area (Å²) in [6.45, 7) is 0. The van der Waals surface area contributed by atoms with Gasteiger partial charge in [0.05, 0.1) is 0 Å². The minimum absolute atomic E-state index is 0.677. The van der Waals surface area contributed by atoms with E-state index in [2.05, 4.69) is 114 Å². The van der Waals surface area contributed by atoms with Gasteiger partial charge in [0.25, 0.3) is 0 Å². The van der Waals surface area contributed by atoms with Crippen LogP contribution >= 0.6 is 0 Å². The standard InChI is InChI=1S/C48H51NO/c1-4-13-34(14-5-1)35-23-27-39(28-24-35)49(41-31-32-45-44-19-10-11-22-46(44)50-47(45)33-41)40-29-25-38(26-30-40)48-42(36-15-6-2-7-16-36)20-12-21-43(48)37-17-8-3-9-18-37/h10-12,19-34,36-37H,1-9,13-18H2. The largest absolute Gasteiger partial charge is 0.456 e. The number of hydrogen-bond donors (Lipinski definition) is 0. The highest BCUT2D eigenvalue weighted by Gasteiger charge is 2.26. The van der Waals surface area contributed by atoms with Gasteiger partial charge in [0.2, 0.25) is 0 Å². The molecule has 9 rings (SSSR count). The lowest BCUT2D eigenvalue weighted by Crippen LogP contribution is -2.12. The molecule has 0 bridgehead atoms. The molecule has 0 amide bonds. The second-order valence-electron chi connectivity index (χ2n) is 15.6. The van der Waals surface area contributed by atoms with Gasteiger partial charge >= 0.3 is 0 Å². The van der Waals surface area contributed by atoms with E-state index in [4.69, 9.17) is 4.42 Å². The number of hydrogen-bond acceptors (Lipinski definition) is 2. The lowest BCUT2D eigenvalue weighted by molar-refractivity contribution is 0.437. The zero-order chi connectivity index (χ0) is 33.3. The molecular weight excluding hydrogens is 607 g/mol. The first-order chi connectivity index (χ1) is 24.8. The molecule has 6 aromatic rings. The fourth-order valence-corrected chi connectivity index (χ4v) is 9.84. The normalized spacial score (nSPS) is 18.2. The summed E-state index contributed by atoms with van der Waals surface area (Å²) in [5, 5.41) is 2.34. The van der Waals surface area contributed by atoms with E-state index in [1.165, 1.54) is 130 Å². The van der Waals surface area contributed by atoms with Crippen molar-refractivity contribution >= 4 is 39.0 Å². The summed E-state index contributed by atoms with van der Waals surface area (Å²) < 4.78 is 6.41. The molecule has 0 unspecified atom stereocenters. The Balaban J connectivity index is 1.13. The average Bonchev–Trinajstić information content (AvgIpc) is 3.57. The molecule has 0 N–H and O–H groups in total. The van der Waals surface area contributed by atoms with E-state index in [0.717, 1.165) is 16.9 Å². The second kappa shape index (κ2) is 14.1. The second-order valence-corrected chi connectivity index (χ2v) is 15.6. The zero-order valence-corrected chi connectivity index (χ0v) is 29.6. The minimum Gasteiger partial charge on any atom is -0.456 e. The Kier molecular flexibility index (Phi) is 8.95. The number of fused-ring (bicyclic) bond motifs is 3. The van der Waals surface area contributed by atoms with E-state index in [9.17, 15) is 0 Å². The van der Waals surface area contributed by atoms with E-state index in [1.807, 2.05) is 0 Å². The summed E-state index contributed by atoms with van der Waals surface area (Å²) >= 11 is 0. The summed E-state index contributed by atoms with van der Waals surface area (Å²) in [6, 6.07) is 41.5. The molecule has 1 heterocycles. The molecule has 0 radical (unpaired) electrons. The molecule has 3 aliphatic carbocycles. The molecule has 0 atom stereocenters. The highest BCUT2D eigenvalue weighted by molar-refractivity contribution is 6.06. The van der Waals surface area contributed by atoms with Gasteiger partial charge in [-0.2, -0.15) is 0 Å². The summed E-state index contributed by atoms with van der Waals surface area (Å²) in [7, 11) is 0. The lowest BCUT2D eigenvalue weighted by Gasteiger charge is -2.30. The lowest BCUT2D eigenvalue weighted by atomic mass is 9.75. The van der Waals surface area contributed by atoms with Crippen LogP contribution in [0.1, 0.15) is 131 Å². The Morgan fingerprint density at radius 1 is 0.420 bits per heavy atom. The Morgan fingerprint density at radius 2 is 0.940 bits per heavy atom. The van der Waals surface area contributed by atoms with Crippen LogP contribution < -0.4 is 4.90 Å². The predicted octanol–water partition coefficient (Wildman–Crippen LogP) is 14.9. The maximum Gasteiger partial charge on any atom is 0.137 e. The number of para-hydroxylation sites is 1. The summed E-state index contributed by atoms with van der Waals surface area (Å²) in [5.41, 5.74) is 13.0. The molecule has 0 aliphatic heterocycles. The number of nitrogens with zero attached hydrogens (tertiary/aromatic N) is 1. The van der Waals surface area contributed by atoms with Gasteiger partial charge in [-0.05, 0) is 127 Å². The van der Waals surface area contributed by atoms with Crippen LogP contribution in [0.3, 0.4) is 0 Å². The van der Waals surface area contributed by atoms with Crippen LogP contribution in [0.15, 0.2) is 114 Å². The summed E-state index contributed by atoms with van der Waals surface area (Å²) in [4.78, 5) is 2.43. The minimum atomic E-state index is 0.677. The number of furan rings is 1. The monoisotopic (exact) mass is 657 g/mol. The van der Waals surface area contributed by atoms with Gasteiger partial charge in [-0.25, -0.2) is 0 Å². The van der Waals surface area contributed by atoms with E-state index >= 15 is 0 Å². The molecule has 1 aromatic heterocycles. The van der Waals surface area contributed by atoms with Crippen molar-refractivity contribution in [3.05, 3.63) is 126 Å². The number of rotatable bonds is 7. The van der Waals surface area contributed by atoms with Crippen LogP contribution in [-0.4, -0.2) is 0 Å². The Hall–Kier alpha value is -4.30. The van der Waals surface area contributed by atoms with E-state index in [0.29, 0.717) is 17.8 Å². The fraction of sp³-hybridized carbons (Fsp3) is 0.375. The predicted molar refractivity (Wildman–Crippen MR) is 211 cm³/mol. The van der Waals surface area contributed by atoms with Crippen molar-refractivity contribution < 1.29 is 4.42 Å². The molecule has 254 valence electrons. The van der Waals surface area contributed by atoms with Crippen molar-refractivity contribution in [3.8, 4) is 11.1 Å². The smallest absolute Gasteiger partial charge is 0.137 e. The van der Waals surface area contributed by atoms with Crippen LogP contribution in [0.4, 0.5) is 17.1 Å². The van der Waals surface area contributed by atoms with Crippen LogP contribution in [-0.2, 0) is 0 Å². The van der Waals surface area contributed by atoms with Gasteiger partial charge in [-0.15, -0.1) is 0 Å². The molecule has 2 nitrogen and oxygen atoms in total. The average molecular weight is 658 g/mol. The molecule has 50 heavy (non-hydrogen) atoms. The maximum atomic E-state index is 6.41. The van der Waals surface area contributed by atoms with Gasteiger partial charge in [0, 0.05) is 33.9 Å². The Morgan fingerprint density at radius 3 is 1.56 bits per heavy atom. The zero-order valence-electron chi connectivity index (χ0n) is 29.6. The van der Waals surface area contributed by atoms with Gasteiger partial charge < -0.3 is 9.32 Å². The van der Waals surface area contributed by atoms with E-state index in [-0.39, 0.29) is 0 Å². The van der Waals surface area contributed by atoms with Gasteiger partial charge in [0.15, 0.2) is 0 Å². The van der Waals surface area contributed by atoms with Gasteiger partial charge in [-0.3, -0.25) is 0 Å². The first-order valence-electron chi connectivity index (χ1n) is 19.8. The van der Waals surface area contributed by atoms with Crippen molar-refractivity contribution in [2.24, 2.45) is 0 Å². The van der Waals surface area contributed by atoms with Crippen LogP contribution in [0.5, 0.6) is 0 Å². The third-order valence-corrected chi connectivity index (χ3v) is 12.5. The quantitative estimate of drug-likeness (QED) is 0.170. The maximum absolute atomic E-state index is 6.41. The fourth-order valence-electron chi connectivity index (χ4n) is 9.84. The van der Waals surface area contributed by atoms with Gasteiger partial charge in [0.1, 0.15) is 11.2 Å². The Labute approximate surface area is 298 Å². The molecule has 3 aliphatic rings. The summed E-state index contributed by atoms with van der Waals surface area (Å²) in [5.74, 6) is 2.05.